The van der Waals surface area contributed by atoms with Crippen LogP contribution >= 0.6 is 12.4 Å². The van der Waals surface area contributed by atoms with Crippen LogP contribution < -0.4 is 5.73 Å². The number of benzene rings is 2. The molecule has 4 heteroatoms. The van der Waals surface area contributed by atoms with E-state index in [9.17, 15) is 4.79 Å². The Labute approximate surface area is 140 Å². The van der Waals surface area contributed by atoms with Gasteiger partial charge in [0.1, 0.15) is 5.69 Å². The predicted molar refractivity (Wildman–Crippen MR) is 95.2 cm³/mol. The molecule has 0 aliphatic heterocycles. The maximum Gasteiger partial charge on any atom is 0.267 e. The molecule has 1 heterocycles. The van der Waals surface area contributed by atoms with Crippen molar-refractivity contribution in [2.24, 2.45) is 5.73 Å². The molecule has 4 rings (SSSR count). The molecule has 2 N–H and O–H groups in total. The van der Waals surface area contributed by atoms with E-state index in [1.165, 1.54) is 27.8 Å². The largest absolute Gasteiger partial charge is 0.364 e. The number of aromatic nitrogens is 1. The van der Waals surface area contributed by atoms with Crippen LogP contribution in [0, 0.1) is 13.8 Å². The molecule has 1 amide bonds. The third kappa shape index (κ3) is 2.04. The van der Waals surface area contributed by atoms with E-state index in [2.05, 4.69) is 43.1 Å². The lowest BCUT2D eigenvalue weighted by molar-refractivity contribution is 0.0997. The molecule has 23 heavy (non-hydrogen) atoms. The van der Waals surface area contributed by atoms with Crippen molar-refractivity contribution in [1.29, 1.82) is 0 Å². The topological polar surface area (TPSA) is 56.0 Å². The van der Waals surface area contributed by atoms with Crippen molar-refractivity contribution in [3.8, 4) is 11.1 Å². The van der Waals surface area contributed by atoms with Crippen LogP contribution in [0.2, 0.25) is 0 Å². The normalized spacial score (nSPS) is 11.7. The molecule has 0 unspecified atom stereocenters. The van der Waals surface area contributed by atoms with Gasteiger partial charge < -0.3 is 5.73 Å². The smallest absolute Gasteiger partial charge is 0.267 e. The minimum atomic E-state index is -0.473. The van der Waals surface area contributed by atoms with Crippen molar-refractivity contribution in [2.45, 2.75) is 20.3 Å². The SMILES string of the molecule is Cc1c2c(c(C)c3c(C(N)=O)nccc13)-c1ccccc1C2.Cl. The molecule has 2 aromatic carbocycles. The number of carbonyl (C=O) groups excluding carboxylic acids is 1. The van der Waals surface area contributed by atoms with Crippen LogP contribution in [0.4, 0.5) is 0 Å². The van der Waals surface area contributed by atoms with Gasteiger partial charge in [-0.3, -0.25) is 9.78 Å². The monoisotopic (exact) mass is 324 g/mol. The van der Waals surface area contributed by atoms with E-state index in [0.29, 0.717) is 5.69 Å². The third-order valence-electron chi connectivity index (χ3n) is 4.75. The lowest BCUT2D eigenvalue weighted by Gasteiger charge is -2.15. The number of hydrogen-bond donors (Lipinski definition) is 1. The summed E-state index contributed by atoms with van der Waals surface area (Å²) in [6.07, 6.45) is 2.62. The van der Waals surface area contributed by atoms with Crippen LogP contribution in [0.1, 0.15) is 32.7 Å². The maximum absolute atomic E-state index is 11.8. The Morgan fingerprint density at radius 1 is 1.13 bits per heavy atom. The summed E-state index contributed by atoms with van der Waals surface area (Å²) in [6, 6.07) is 10.4. The second kappa shape index (κ2) is 5.36. The van der Waals surface area contributed by atoms with Crippen molar-refractivity contribution in [1.82, 2.24) is 4.98 Å². The number of aryl methyl sites for hydroxylation is 2. The van der Waals surface area contributed by atoms with Gasteiger partial charge in [0, 0.05) is 11.6 Å². The molecular weight excluding hydrogens is 308 g/mol. The highest BCUT2D eigenvalue weighted by molar-refractivity contribution is 6.09. The number of halogens is 1. The first-order chi connectivity index (χ1) is 10.6. The molecule has 0 radical (unpaired) electrons. The molecule has 116 valence electrons. The van der Waals surface area contributed by atoms with Gasteiger partial charge >= 0.3 is 0 Å². The summed E-state index contributed by atoms with van der Waals surface area (Å²) in [5, 5.41) is 1.97. The van der Waals surface area contributed by atoms with Gasteiger partial charge in [0.15, 0.2) is 0 Å². The number of hydrogen-bond acceptors (Lipinski definition) is 2. The molecule has 3 aromatic rings. The van der Waals surface area contributed by atoms with Gasteiger partial charge in [-0.1, -0.05) is 24.3 Å². The molecule has 3 nitrogen and oxygen atoms in total. The van der Waals surface area contributed by atoms with Crippen LogP contribution in [0.3, 0.4) is 0 Å². The molecular formula is C19H17ClN2O. The summed E-state index contributed by atoms with van der Waals surface area (Å²) >= 11 is 0. The first-order valence-electron chi connectivity index (χ1n) is 7.38. The van der Waals surface area contributed by atoms with Crippen molar-refractivity contribution in [3.63, 3.8) is 0 Å². The summed E-state index contributed by atoms with van der Waals surface area (Å²) < 4.78 is 0. The fourth-order valence-electron chi connectivity index (χ4n) is 3.74. The third-order valence-corrected chi connectivity index (χ3v) is 4.75. The van der Waals surface area contributed by atoms with Gasteiger partial charge in [-0.05, 0) is 65.1 Å². The van der Waals surface area contributed by atoms with E-state index >= 15 is 0 Å². The minimum absolute atomic E-state index is 0. The predicted octanol–water partition coefficient (Wildman–Crippen LogP) is 3.94. The zero-order chi connectivity index (χ0) is 15.4. The van der Waals surface area contributed by atoms with Crippen LogP contribution in [-0.4, -0.2) is 10.9 Å². The highest BCUT2D eigenvalue weighted by Crippen LogP contribution is 2.44. The van der Waals surface area contributed by atoms with Crippen LogP contribution in [0.5, 0.6) is 0 Å². The highest BCUT2D eigenvalue weighted by atomic mass is 35.5. The number of primary amides is 1. The summed E-state index contributed by atoms with van der Waals surface area (Å²) in [6.45, 7) is 4.19. The number of pyridine rings is 1. The van der Waals surface area contributed by atoms with Gasteiger partial charge in [0.2, 0.25) is 0 Å². The second-order valence-electron chi connectivity index (χ2n) is 5.88. The summed E-state index contributed by atoms with van der Waals surface area (Å²) in [4.78, 5) is 16.0. The van der Waals surface area contributed by atoms with Gasteiger partial charge in [0.05, 0.1) is 0 Å². The number of amides is 1. The Kier molecular flexibility index (Phi) is 3.61. The fraction of sp³-hybridized carbons (Fsp3) is 0.158. The highest BCUT2D eigenvalue weighted by Gasteiger charge is 2.25. The van der Waals surface area contributed by atoms with Crippen molar-refractivity contribution < 1.29 is 4.79 Å². The van der Waals surface area contributed by atoms with E-state index < -0.39 is 5.91 Å². The number of nitrogens with two attached hydrogens (primary N) is 1. The zero-order valence-corrected chi connectivity index (χ0v) is 13.8. The van der Waals surface area contributed by atoms with Crippen LogP contribution in [-0.2, 0) is 6.42 Å². The van der Waals surface area contributed by atoms with Crippen molar-refractivity contribution >= 4 is 29.1 Å². The molecule has 0 atom stereocenters. The first kappa shape index (κ1) is 15.5. The molecule has 0 fully saturated rings. The van der Waals surface area contributed by atoms with E-state index in [1.807, 2.05) is 6.07 Å². The Hall–Kier alpha value is -2.39. The Morgan fingerprint density at radius 3 is 2.61 bits per heavy atom. The molecule has 1 aromatic heterocycles. The Bertz CT molecular complexity index is 963. The van der Waals surface area contributed by atoms with E-state index in [-0.39, 0.29) is 12.4 Å². The second-order valence-corrected chi connectivity index (χ2v) is 5.88. The van der Waals surface area contributed by atoms with Crippen LogP contribution in [0.25, 0.3) is 21.9 Å². The van der Waals surface area contributed by atoms with E-state index in [1.54, 1.807) is 6.20 Å². The Balaban J connectivity index is 0.00000156. The van der Waals surface area contributed by atoms with E-state index in [4.69, 9.17) is 5.73 Å². The minimum Gasteiger partial charge on any atom is -0.364 e. The molecule has 1 aliphatic carbocycles. The number of rotatable bonds is 1. The van der Waals surface area contributed by atoms with Crippen molar-refractivity contribution in [2.75, 3.05) is 0 Å². The molecule has 0 spiro atoms. The average molecular weight is 325 g/mol. The van der Waals surface area contributed by atoms with Gasteiger partial charge in [-0.2, -0.15) is 0 Å². The molecule has 1 aliphatic rings. The molecule has 0 bridgehead atoms. The lowest BCUT2D eigenvalue weighted by Crippen LogP contribution is -2.14. The standard InChI is InChI=1S/C19H16N2O.ClH/c1-10-13-7-8-21-18(19(20)22)17(13)11(2)16-14-6-4-3-5-12(14)9-15(10)16;/h3-8H,9H2,1-2H3,(H2,20,22);1H. The lowest BCUT2D eigenvalue weighted by atomic mass is 9.89. The summed E-state index contributed by atoms with van der Waals surface area (Å²) in [5.41, 5.74) is 13.4. The number of carbonyl (C=O) groups is 1. The first-order valence-corrected chi connectivity index (χ1v) is 7.38. The van der Waals surface area contributed by atoms with Gasteiger partial charge in [0.25, 0.3) is 5.91 Å². The summed E-state index contributed by atoms with van der Waals surface area (Å²) in [5.74, 6) is -0.473. The number of fused-ring (bicyclic) bond motifs is 4. The van der Waals surface area contributed by atoms with Crippen molar-refractivity contribution in [3.05, 3.63) is 64.5 Å². The Morgan fingerprint density at radius 2 is 1.87 bits per heavy atom. The van der Waals surface area contributed by atoms with Crippen LogP contribution in [0.15, 0.2) is 36.5 Å². The average Bonchev–Trinajstić information content (AvgIpc) is 2.91. The van der Waals surface area contributed by atoms with E-state index in [0.717, 1.165) is 22.8 Å². The fourth-order valence-corrected chi connectivity index (χ4v) is 3.74. The van der Waals surface area contributed by atoms with Gasteiger partial charge in [-0.15, -0.1) is 12.4 Å². The maximum atomic E-state index is 11.8. The molecule has 0 saturated heterocycles. The summed E-state index contributed by atoms with van der Waals surface area (Å²) in [7, 11) is 0. The molecule has 0 saturated carbocycles. The zero-order valence-electron chi connectivity index (χ0n) is 13.0. The quantitative estimate of drug-likeness (QED) is 0.576. The number of nitrogens with zero attached hydrogens (tertiary/aromatic N) is 1. The van der Waals surface area contributed by atoms with Gasteiger partial charge in [-0.25, -0.2) is 0 Å².